The van der Waals surface area contributed by atoms with E-state index in [0.717, 1.165) is 25.7 Å². The zero-order chi connectivity index (χ0) is 24.8. The van der Waals surface area contributed by atoms with Crippen LogP contribution < -0.4 is 0 Å². The Kier molecular flexibility index (Phi) is 13.9. The lowest BCUT2D eigenvalue weighted by Crippen LogP contribution is -2.47. The third-order valence-electron chi connectivity index (χ3n) is 5.52. The van der Waals surface area contributed by atoms with Crippen LogP contribution in [0.3, 0.4) is 0 Å². The molecule has 0 rings (SSSR count). The molecule has 0 aromatic rings. The molecule has 0 amide bonds. The number of rotatable bonds is 17. The number of hydrogen-bond donors (Lipinski definition) is 0. The highest BCUT2D eigenvalue weighted by atomic mass is 19.4. The molecule has 190 valence electrons. The average molecular weight is 479 g/mol. The zero-order valence-corrected chi connectivity index (χ0v) is 19.2. The molecular formula is C22H36F6O4. The molecule has 0 heterocycles. The molecule has 0 spiro atoms. The Hall–Kier alpha value is -1.48. The second-order valence-electron chi connectivity index (χ2n) is 7.99. The van der Waals surface area contributed by atoms with E-state index < -0.39 is 42.2 Å². The molecule has 1 atom stereocenters. The first-order chi connectivity index (χ1) is 14.9. The van der Waals surface area contributed by atoms with E-state index in [-0.39, 0.29) is 19.4 Å². The van der Waals surface area contributed by atoms with Crippen LogP contribution in [0.5, 0.6) is 0 Å². The standard InChI is InChI=1S/C22H36F6O4/c1-4-7-8-9-10-11-12-13-14-15-31-18(29)20(5-2,6-3)19(30)32-16-21(24,25)17(23)22(26,27)28/h17H,4-16H2,1-3H3. The van der Waals surface area contributed by atoms with Gasteiger partial charge in [0.05, 0.1) is 6.61 Å². The van der Waals surface area contributed by atoms with Crippen molar-refractivity contribution < 1.29 is 45.4 Å². The molecule has 0 aliphatic carbocycles. The van der Waals surface area contributed by atoms with Gasteiger partial charge in [-0.2, -0.15) is 22.0 Å². The van der Waals surface area contributed by atoms with Crippen LogP contribution in [0.2, 0.25) is 0 Å². The molecule has 0 aliphatic rings. The van der Waals surface area contributed by atoms with Gasteiger partial charge in [0.1, 0.15) is 0 Å². The van der Waals surface area contributed by atoms with E-state index in [1.54, 1.807) is 0 Å². The van der Waals surface area contributed by atoms with Gasteiger partial charge in [0.25, 0.3) is 6.17 Å². The predicted molar refractivity (Wildman–Crippen MR) is 108 cm³/mol. The van der Waals surface area contributed by atoms with Gasteiger partial charge in [-0.3, -0.25) is 9.59 Å². The van der Waals surface area contributed by atoms with Crippen molar-refractivity contribution in [2.45, 2.75) is 110 Å². The molecule has 0 radical (unpaired) electrons. The Morgan fingerprint density at radius 3 is 1.59 bits per heavy atom. The highest BCUT2D eigenvalue weighted by molar-refractivity contribution is 6.00. The summed E-state index contributed by atoms with van der Waals surface area (Å²) in [6.07, 6.45) is -1.26. The van der Waals surface area contributed by atoms with Crippen LogP contribution in [0.15, 0.2) is 0 Å². The number of alkyl halides is 6. The van der Waals surface area contributed by atoms with E-state index in [1.165, 1.54) is 39.5 Å². The first-order valence-corrected chi connectivity index (χ1v) is 11.3. The largest absolute Gasteiger partial charge is 0.465 e. The Labute approximate surface area is 186 Å². The summed E-state index contributed by atoms with van der Waals surface area (Å²) in [4.78, 5) is 24.8. The number of esters is 2. The molecule has 0 fully saturated rings. The summed E-state index contributed by atoms with van der Waals surface area (Å²) in [5.41, 5.74) is -1.93. The van der Waals surface area contributed by atoms with Crippen LogP contribution in [-0.4, -0.2) is 43.4 Å². The summed E-state index contributed by atoms with van der Waals surface area (Å²) in [6.45, 7) is 2.91. The van der Waals surface area contributed by atoms with E-state index in [2.05, 4.69) is 11.7 Å². The second-order valence-corrected chi connectivity index (χ2v) is 7.99. The summed E-state index contributed by atoms with van der Waals surface area (Å²) in [7, 11) is 0. The van der Waals surface area contributed by atoms with Gasteiger partial charge in [-0.25, -0.2) is 4.39 Å². The fraction of sp³-hybridized carbons (Fsp3) is 0.909. The van der Waals surface area contributed by atoms with Crippen LogP contribution >= 0.6 is 0 Å². The lowest BCUT2D eigenvalue weighted by Gasteiger charge is -2.28. The predicted octanol–water partition coefficient (Wildman–Crippen LogP) is 6.95. The van der Waals surface area contributed by atoms with Gasteiger partial charge in [-0.15, -0.1) is 0 Å². The zero-order valence-electron chi connectivity index (χ0n) is 19.2. The van der Waals surface area contributed by atoms with E-state index >= 15 is 0 Å². The molecule has 4 nitrogen and oxygen atoms in total. The number of halogens is 6. The third kappa shape index (κ3) is 9.98. The lowest BCUT2D eigenvalue weighted by atomic mass is 9.82. The Bertz CT molecular complexity index is 547. The van der Waals surface area contributed by atoms with Crippen molar-refractivity contribution in [3.05, 3.63) is 0 Å². The molecule has 0 N–H and O–H groups in total. The molecule has 10 heteroatoms. The maximum atomic E-state index is 13.4. The van der Waals surface area contributed by atoms with Gasteiger partial charge in [-0.1, -0.05) is 72.1 Å². The third-order valence-corrected chi connectivity index (χ3v) is 5.52. The Morgan fingerprint density at radius 1 is 0.719 bits per heavy atom. The van der Waals surface area contributed by atoms with Crippen molar-refractivity contribution in [1.82, 2.24) is 0 Å². The molecule has 0 saturated heterocycles. The van der Waals surface area contributed by atoms with Crippen molar-refractivity contribution in [3.8, 4) is 0 Å². The van der Waals surface area contributed by atoms with Crippen molar-refractivity contribution >= 4 is 11.9 Å². The summed E-state index contributed by atoms with van der Waals surface area (Å²) in [5, 5.41) is 0. The normalized spacial score (nSPS) is 13.7. The lowest BCUT2D eigenvalue weighted by molar-refractivity contribution is -0.255. The minimum absolute atomic E-state index is 0.0283. The van der Waals surface area contributed by atoms with Crippen LogP contribution in [0.4, 0.5) is 26.3 Å². The quantitative estimate of drug-likeness (QED) is 0.0983. The van der Waals surface area contributed by atoms with Gasteiger partial charge in [-0.05, 0) is 19.3 Å². The maximum Gasteiger partial charge on any atom is 0.425 e. The molecular weight excluding hydrogens is 442 g/mol. The summed E-state index contributed by atoms with van der Waals surface area (Å²) in [6, 6.07) is 0. The van der Waals surface area contributed by atoms with Gasteiger partial charge in [0.2, 0.25) is 0 Å². The summed E-state index contributed by atoms with van der Waals surface area (Å²) >= 11 is 0. The molecule has 32 heavy (non-hydrogen) atoms. The Balaban J connectivity index is 4.58. The van der Waals surface area contributed by atoms with Gasteiger partial charge < -0.3 is 9.47 Å². The van der Waals surface area contributed by atoms with Crippen molar-refractivity contribution in [2.24, 2.45) is 5.41 Å². The summed E-state index contributed by atoms with van der Waals surface area (Å²) < 4.78 is 85.8. The van der Waals surface area contributed by atoms with Crippen molar-refractivity contribution in [1.29, 1.82) is 0 Å². The van der Waals surface area contributed by atoms with Crippen LogP contribution in [-0.2, 0) is 19.1 Å². The number of carbonyl (C=O) groups is 2. The van der Waals surface area contributed by atoms with E-state index in [9.17, 15) is 35.9 Å². The first kappa shape index (κ1) is 30.5. The average Bonchev–Trinajstić information content (AvgIpc) is 2.73. The van der Waals surface area contributed by atoms with E-state index in [4.69, 9.17) is 4.74 Å². The van der Waals surface area contributed by atoms with Gasteiger partial charge in [0, 0.05) is 0 Å². The van der Waals surface area contributed by atoms with E-state index in [0.29, 0.717) is 6.42 Å². The number of hydrogen-bond acceptors (Lipinski definition) is 4. The minimum Gasteiger partial charge on any atom is -0.465 e. The second kappa shape index (κ2) is 14.6. The Morgan fingerprint density at radius 2 is 1.16 bits per heavy atom. The first-order valence-electron chi connectivity index (χ1n) is 11.3. The molecule has 0 bridgehead atoms. The molecule has 0 saturated carbocycles. The van der Waals surface area contributed by atoms with Crippen LogP contribution in [0.25, 0.3) is 0 Å². The highest BCUT2D eigenvalue weighted by Crippen LogP contribution is 2.36. The van der Waals surface area contributed by atoms with Crippen LogP contribution in [0, 0.1) is 5.41 Å². The SMILES string of the molecule is CCCCCCCCCCCOC(=O)C(CC)(CC)C(=O)OCC(F)(F)C(F)C(F)(F)F. The summed E-state index contributed by atoms with van der Waals surface area (Å²) in [5.74, 6) is -7.40. The monoisotopic (exact) mass is 478 g/mol. The van der Waals surface area contributed by atoms with Gasteiger partial charge in [0.15, 0.2) is 12.0 Å². The van der Waals surface area contributed by atoms with E-state index in [1.807, 2.05) is 0 Å². The number of unbranched alkanes of at least 4 members (excludes halogenated alkanes) is 8. The van der Waals surface area contributed by atoms with Crippen molar-refractivity contribution in [2.75, 3.05) is 13.2 Å². The maximum absolute atomic E-state index is 13.4. The highest BCUT2D eigenvalue weighted by Gasteiger charge is 2.58. The smallest absolute Gasteiger partial charge is 0.425 e. The molecule has 0 aromatic heterocycles. The fourth-order valence-corrected chi connectivity index (χ4v) is 3.24. The van der Waals surface area contributed by atoms with Crippen molar-refractivity contribution in [3.63, 3.8) is 0 Å². The fourth-order valence-electron chi connectivity index (χ4n) is 3.24. The number of carbonyl (C=O) groups excluding carboxylic acids is 2. The minimum atomic E-state index is -5.81. The molecule has 0 aliphatic heterocycles. The number of ether oxygens (including phenoxy) is 2. The van der Waals surface area contributed by atoms with Crippen LogP contribution in [0.1, 0.15) is 91.4 Å². The molecule has 0 aromatic carbocycles. The van der Waals surface area contributed by atoms with Gasteiger partial charge >= 0.3 is 24.0 Å². The molecule has 1 unspecified atom stereocenters. The topological polar surface area (TPSA) is 52.6 Å².